The number of hydrogen-bond acceptors (Lipinski definition) is 1. The van der Waals surface area contributed by atoms with E-state index in [1.54, 1.807) is 0 Å². The fourth-order valence-corrected chi connectivity index (χ4v) is 0.919. The van der Waals surface area contributed by atoms with Crippen molar-refractivity contribution < 1.29 is 4.74 Å². The van der Waals surface area contributed by atoms with Gasteiger partial charge in [0.2, 0.25) is 0 Å². The molecular formula is C9H17ClO. The van der Waals surface area contributed by atoms with Crippen LogP contribution in [0.25, 0.3) is 0 Å². The summed E-state index contributed by atoms with van der Waals surface area (Å²) in [6, 6.07) is 0. The fourth-order valence-electron chi connectivity index (χ4n) is 0.730. The second-order valence-electron chi connectivity index (χ2n) is 2.44. The summed E-state index contributed by atoms with van der Waals surface area (Å²) >= 11 is 5.50. The van der Waals surface area contributed by atoms with Crippen molar-refractivity contribution in [2.75, 3.05) is 19.1 Å². The number of ether oxygens (including phenoxy) is 1. The van der Waals surface area contributed by atoms with Crippen LogP contribution in [-0.2, 0) is 4.74 Å². The first kappa shape index (κ1) is 11.0. The van der Waals surface area contributed by atoms with E-state index in [9.17, 15) is 0 Å². The molecule has 0 bridgehead atoms. The maximum atomic E-state index is 5.50. The summed E-state index contributed by atoms with van der Waals surface area (Å²) in [5.41, 5.74) is 0. The van der Waals surface area contributed by atoms with Gasteiger partial charge in [0.15, 0.2) is 0 Å². The highest BCUT2D eigenvalue weighted by atomic mass is 35.5. The number of allylic oxidation sites excluding steroid dienone is 1. The van der Waals surface area contributed by atoms with Crippen molar-refractivity contribution in [2.24, 2.45) is 0 Å². The predicted octanol–water partition coefficient (Wildman–Crippen LogP) is 2.99. The molecule has 0 fully saturated rings. The third-order valence-electron chi connectivity index (χ3n) is 1.37. The van der Waals surface area contributed by atoms with Crippen LogP contribution in [0, 0.1) is 0 Å². The van der Waals surface area contributed by atoms with E-state index in [1.165, 1.54) is 0 Å². The van der Waals surface area contributed by atoms with E-state index in [2.05, 4.69) is 6.58 Å². The molecule has 0 aliphatic carbocycles. The molecule has 0 aromatic carbocycles. The second-order valence-corrected chi connectivity index (χ2v) is 2.82. The minimum absolute atomic E-state index is 0.746. The van der Waals surface area contributed by atoms with Crippen molar-refractivity contribution in [1.29, 1.82) is 0 Å². The zero-order chi connectivity index (χ0) is 8.36. The summed E-state index contributed by atoms with van der Waals surface area (Å²) in [6.07, 6.45) is 6.20. The minimum Gasteiger partial charge on any atom is -0.381 e. The molecule has 0 radical (unpaired) electrons. The van der Waals surface area contributed by atoms with Gasteiger partial charge in [-0.05, 0) is 25.7 Å². The van der Waals surface area contributed by atoms with Crippen LogP contribution in [0.2, 0.25) is 0 Å². The molecule has 2 heteroatoms. The maximum Gasteiger partial charge on any atom is 0.0468 e. The number of unbranched alkanes of at least 4 members (excludes halogenated alkanes) is 2. The quantitative estimate of drug-likeness (QED) is 0.314. The molecule has 0 aliphatic heterocycles. The van der Waals surface area contributed by atoms with Crippen LogP contribution in [0.5, 0.6) is 0 Å². The van der Waals surface area contributed by atoms with Gasteiger partial charge in [0.05, 0.1) is 0 Å². The van der Waals surface area contributed by atoms with E-state index < -0.39 is 0 Å². The minimum atomic E-state index is 0.746. The van der Waals surface area contributed by atoms with Crippen LogP contribution < -0.4 is 0 Å². The molecule has 0 rings (SSSR count). The lowest BCUT2D eigenvalue weighted by atomic mass is 10.3. The van der Waals surface area contributed by atoms with Gasteiger partial charge < -0.3 is 4.74 Å². The first-order valence-electron chi connectivity index (χ1n) is 4.16. The number of alkyl halides is 1. The smallest absolute Gasteiger partial charge is 0.0468 e. The van der Waals surface area contributed by atoms with E-state index in [0.717, 1.165) is 44.8 Å². The van der Waals surface area contributed by atoms with Gasteiger partial charge in [-0.2, -0.15) is 0 Å². The van der Waals surface area contributed by atoms with Crippen LogP contribution in [0.15, 0.2) is 12.7 Å². The molecule has 0 N–H and O–H groups in total. The normalized spacial score (nSPS) is 9.91. The van der Waals surface area contributed by atoms with Gasteiger partial charge in [0.25, 0.3) is 0 Å². The van der Waals surface area contributed by atoms with Crippen LogP contribution in [0.3, 0.4) is 0 Å². The summed E-state index contributed by atoms with van der Waals surface area (Å²) in [4.78, 5) is 0. The topological polar surface area (TPSA) is 9.23 Å². The van der Waals surface area contributed by atoms with Gasteiger partial charge in [-0.1, -0.05) is 6.08 Å². The largest absolute Gasteiger partial charge is 0.381 e. The molecule has 0 saturated heterocycles. The molecule has 66 valence electrons. The molecule has 0 aliphatic rings. The van der Waals surface area contributed by atoms with Gasteiger partial charge in [-0.15, -0.1) is 18.2 Å². The Bertz CT molecular complexity index is 83.6. The Kier molecular flexibility index (Phi) is 9.98. The highest BCUT2D eigenvalue weighted by molar-refractivity contribution is 6.17. The average molecular weight is 177 g/mol. The molecule has 0 aromatic rings. The van der Waals surface area contributed by atoms with E-state index in [0.29, 0.717) is 0 Å². The lowest BCUT2D eigenvalue weighted by Gasteiger charge is -2.00. The molecule has 0 spiro atoms. The number of rotatable bonds is 8. The number of hydrogen-bond donors (Lipinski definition) is 0. The molecule has 11 heavy (non-hydrogen) atoms. The van der Waals surface area contributed by atoms with Crippen molar-refractivity contribution in [3.63, 3.8) is 0 Å². The monoisotopic (exact) mass is 176 g/mol. The van der Waals surface area contributed by atoms with Gasteiger partial charge >= 0.3 is 0 Å². The lowest BCUT2D eigenvalue weighted by Crippen LogP contribution is -1.96. The zero-order valence-electron chi connectivity index (χ0n) is 7.02. The molecule has 0 amide bonds. The summed E-state index contributed by atoms with van der Waals surface area (Å²) in [5.74, 6) is 0.746. The number of halogens is 1. The first-order valence-corrected chi connectivity index (χ1v) is 4.70. The van der Waals surface area contributed by atoms with E-state index in [-0.39, 0.29) is 0 Å². The van der Waals surface area contributed by atoms with Gasteiger partial charge in [-0.3, -0.25) is 0 Å². The van der Waals surface area contributed by atoms with E-state index in [1.807, 2.05) is 6.08 Å². The Morgan fingerprint density at radius 3 is 2.55 bits per heavy atom. The molecule has 0 unspecified atom stereocenters. The van der Waals surface area contributed by atoms with Gasteiger partial charge in [-0.25, -0.2) is 0 Å². The molecular weight excluding hydrogens is 160 g/mol. The van der Waals surface area contributed by atoms with Crippen LogP contribution in [-0.4, -0.2) is 19.1 Å². The molecule has 0 aromatic heterocycles. The van der Waals surface area contributed by atoms with Gasteiger partial charge in [0.1, 0.15) is 0 Å². The SMILES string of the molecule is C=CCCCOCCCCCl. The van der Waals surface area contributed by atoms with Crippen molar-refractivity contribution in [1.82, 2.24) is 0 Å². The summed E-state index contributed by atoms with van der Waals surface area (Å²) in [5, 5.41) is 0. The zero-order valence-corrected chi connectivity index (χ0v) is 7.78. The Balaban J connectivity index is 2.74. The maximum absolute atomic E-state index is 5.50. The molecule has 1 nitrogen and oxygen atoms in total. The van der Waals surface area contributed by atoms with Crippen molar-refractivity contribution in [3.8, 4) is 0 Å². The standard InChI is InChI=1S/C9H17ClO/c1-2-3-5-8-11-9-6-4-7-10/h2H,1,3-9H2. The molecule has 0 saturated carbocycles. The average Bonchev–Trinajstić information content (AvgIpc) is 2.03. The summed E-state index contributed by atoms with van der Waals surface area (Å²) in [6.45, 7) is 5.34. The fraction of sp³-hybridized carbons (Fsp3) is 0.778. The van der Waals surface area contributed by atoms with E-state index >= 15 is 0 Å². The van der Waals surface area contributed by atoms with Crippen molar-refractivity contribution >= 4 is 11.6 Å². The Morgan fingerprint density at radius 1 is 1.18 bits per heavy atom. The Labute approximate surface area is 74.4 Å². The predicted molar refractivity (Wildman–Crippen MR) is 50.2 cm³/mol. The van der Waals surface area contributed by atoms with Crippen molar-refractivity contribution in [3.05, 3.63) is 12.7 Å². The third kappa shape index (κ3) is 9.99. The van der Waals surface area contributed by atoms with Gasteiger partial charge in [0, 0.05) is 19.1 Å². The highest BCUT2D eigenvalue weighted by Gasteiger charge is 1.87. The first-order chi connectivity index (χ1) is 5.41. The summed E-state index contributed by atoms with van der Waals surface area (Å²) in [7, 11) is 0. The van der Waals surface area contributed by atoms with Crippen LogP contribution in [0.4, 0.5) is 0 Å². The Morgan fingerprint density at radius 2 is 1.91 bits per heavy atom. The lowest BCUT2D eigenvalue weighted by molar-refractivity contribution is 0.129. The van der Waals surface area contributed by atoms with Crippen molar-refractivity contribution in [2.45, 2.75) is 25.7 Å². The molecule has 0 heterocycles. The second kappa shape index (κ2) is 9.99. The summed E-state index contributed by atoms with van der Waals surface area (Å²) < 4.78 is 5.33. The van der Waals surface area contributed by atoms with E-state index in [4.69, 9.17) is 16.3 Å². The third-order valence-corrected chi connectivity index (χ3v) is 1.64. The Hall–Kier alpha value is -0.0100. The van der Waals surface area contributed by atoms with Crippen LogP contribution in [0.1, 0.15) is 25.7 Å². The molecule has 0 atom stereocenters. The van der Waals surface area contributed by atoms with Crippen LogP contribution >= 0.6 is 11.6 Å². The highest BCUT2D eigenvalue weighted by Crippen LogP contribution is 1.95.